The molecule has 1 aromatic carbocycles. The van der Waals surface area contributed by atoms with Crippen LogP contribution in [-0.4, -0.2) is 44.6 Å². The van der Waals surface area contributed by atoms with Gasteiger partial charge in [0.25, 0.3) is 0 Å². The number of aliphatic hydroxyl groups excluding tert-OH is 1. The fourth-order valence-electron chi connectivity index (χ4n) is 2.06. The molecule has 0 bridgehead atoms. The lowest BCUT2D eigenvalue weighted by atomic mass is 10.1. The molecule has 0 amide bonds. The molecule has 0 saturated heterocycles. The van der Waals surface area contributed by atoms with Crippen molar-refractivity contribution in [3.63, 3.8) is 0 Å². The fourth-order valence-corrected chi connectivity index (χ4v) is 3.13. The largest absolute Gasteiger partial charge is 0.389 e. The minimum atomic E-state index is -3.46. The van der Waals surface area contributed by atoms with Crippen LogP contribution in [0, 0.1) is 0 Å². The predicted molar refractivity (Wildman–Crippen MR) is 84.7 cm³/mol. The third kappa shape index (κ3) is 5.74. The van der Waals surface area contributed by atoms with Crippen LogP contribution in [0.25, 0.3) is 0 Å². The van der Waals surface area contributed by atoms with Crippen LogP contribution in [-0.2, 0) is 10.0 Å². The first-order chi connectivity index (χ1) is 9.90. The molecule has 21 heavy (non-hydrogen) atoms. The predicted octanol–water partition coefficient (Wildman–Crippen LogP) is 1.75. The Balaban J connectivity index is 2.53. The Kier molecular flexibility index (Phi) is 7.31. The number of benzene rings is 1. The van der Waals surface area contributed by atoms with Gasteiger partial charge in [-0.25, -0.2) is 13.1 Å². The maximum absolute atomic E-state index is 12.1. The summed E-state index contributed by atoms with van der Waals surface area (Å²) in [5.41, 5.74) is 0.704. The number of rotatable bonds is 9. The zero-order valence-corrected chi connectivity index (χ0v) is 13.9. The maximum Gasteiger partial charge on any atom is 0.240 e. The molecule has 1 atom stereocenters. The van der Waals surface area contributed by atoms with Crippen molar-refractivity contribution in [2.24, 2.45) is 0 Å². The molecule has 1 unspecified atom stereocenters. The van der Waals surface area contributed by atoms with Crippen LogP contribution in [0.15, 0.2) is 29.2 Å². The first-order valence-electron chi connectivity index (χ1n) is 7.40. The second-order valence-electron chi connectivity index (χ2n) is 5.02. The molecular formula is C15H26N2O3S. The lowest BCUT2D eigenvalue weighted by molar-refractivity contribution is 0.199. The van der Waals surface area contributed by atoms with E-state index in [1.807, 2.05) is 0 Å². The van der Waals surface area contributed by atoms with E-state index in [2.05, 4.69) is 23.5 Å². The molecule has 0 fully saturated rings. The van der Waals surface area contributed by atoms with Gasteiger partial charge in [0.2, 0.25) is 10.0 Å². The smallest absolute Gasteiger partial charge is 0.240 e. The van der Waals surface area contributed by atoms with Gasteiger partial charge < -0.3 is 10.0 Å². The summed E-state index contributed by atoms with van der Waals surface area (Å²) in [5, 5.41) is 9.42. The van der Waals surface area contributed by atoms with E-state index in [-0.39, 0.29) is 4.90 Å². The summed E-state index contributed by atoms with van der Waals surface area (Å²) in [6.45, 7) is 9.10. The van der Waals surface area contributed by atoms with Crippen molar-refractivity contribution in [2.75, 3.05) is 26.2 Å². The first kappa shape index (κ1) is 18.1. The van der Waals surface area contributed by atoms with Crippen LogP contribution in [0.2, 0.25) is 0 Å². The third-order valence-electron chi connectivity index (χ3n) is 3.51. The van der Waals surface area contributed by atoms with Crippen molar-refractivity contribution in [3.05, 3.63) is 29.8 Å². The van der Waals surface area contributed by atoms with E-state index >= 15 is 0 Å². The quantitative estimate of drug-likeness (QED) is 0.681. The molecule has 0 heterocycles. The van der Waals surface area contributed by atoms with E-state index in [1.54, 1.807) is 19.1 Å². The number of hydrogen-bond acceptors (Lipinski definition) is 4. The summed E-state index contributed by atoms with van der Waals surface area (Å²) in [7, 11) is -3.46. The van der Waals surface area contributed by atoms with Crippen LogP contribution in [0.3, 0.4) is 0 Å². The van der Waals surface area contributed by atoms with Gasteiger partial charge >= 0.3 is 0 Å². The number of aliphatic hydroxyl groups is 1. The molecular weight excluding hydrogens is 288 g/mol. The lowest BCUT2D eigenvalue weighted by Gasteiger charge is -2.17. The molecule has 0 spiro atoms. The molecule has 120 valence electrons. The van der Waals surface area contributed by atoms with E-state index in [1.165, 1.54) is 12.1 Å². The van der Waals surface area contributed by atoms with Crippen molar-refractivity contribution in [1.82, 2.24) is 9.62 Å². The van der Waals surface area contributed by atoms with Crippen molar-refractivity contribution < 1.29 is 13.5 Å². The number of sulfonamides is 1. The van der Waals surface area contributed by atoms with Gasteiger partial charge in [0.15, 0.2) is 0 Å². The van der Waals surface area contributed by atoms with Gasteiger partial charge in [0.05, 0.1) is 11.0 Å². The Morgan fingerprint density at radius 2 is 1.76 bits per heavy atom. The fraction of sp³-hybridized carbons (Fsp3) is 0.600. The Labute approximate surface area is 128 Å². The second kappa shape index (κ2) is 8.48. The highest BCUT2D eigenvalue weighted by atomic mass is 32.2. The van der Waals surface area contributed by atoms with Crippen molar-refractivity contribution >= 4 is 10.0 Å². The van der Waals surface area contributed by atoms with Gasteiger partial charge in [0, 0.05) is 6.54 Å². The minimum Gasteiger partial charge on any atom is -0.389 e. The van der Waals surface area contributed by atoms with Crippen LogP contribution in [0.1, 0.15) is 38.9 Å². The Hall–Kier alpha value is -0.950. The van der Waals surface area contributed by atoms with E-state index in [9.17, 15) is 13.5 Å². The van der Waals surface area contributed by atoms with Crippen LogP contribution in [0.5, 0.6) is 0 Å². The molecule has 0 aliphatic carbocycles. The van der Waals surface area contributed by atoms with Crippen molar-refractivity contribution in [2.45, 2.75) is 38.2 Å². The molecule has 1 rings (SSSR count). The number of nitrogens with zero attached hydrogens (tertiary/aromatic N) is 1. The van der Waals surface area contributed by atoms with E-state index < -0.39 is 16.1 Å². The summed E-state index contributed by atoms with van der Waals surface area (Å²) in [6, 6.07) is 6.31. The highest BCUT2D eigenvalue weighted by Gasteiger charge is 2.13. The molecule has 6 heteroatoms. The maximum atomic E-state index is 12.1. The standard InChI is InChI=1S/C15H26N2O3S/c1-4-17(5-2)12-6-11-16-21(19,20)15-9-7-14(8-10-15)13(3)18/h7-10,13,16,18H,4-6,11-12H2,1-3H3. The summed E-state index contributed by atoms with van der Waals surface area (Å²) >= 11 is 0. The summed E-state index contributed by atoms with van der Waals surface area (Å²) in [4.78, 5) is 2.49. The van der Waals surface area contributed by atoms with Gasteiger partial charge in [0.1, 0.15) is 0 Å². The normalized spacial score (nSPS) is 13.6. The van der Waals surface area contributed by atoms with E-state index in [0.717, 1.165) is 26.1 Å². The Bertz CT molecular complexity index is 508. The molecule has 0 radical (unpaired) electrons. The van der Waals surface area contributed by atoms with Gasteiger partial charge in [-0.3, -0.25) is 0 Å². The average Bonchev–Trinajstić information content (AvgIpc) is 2.47. The summed E-state index contributed by atoms with van der Waals surface area (Å²) < 4.78 is 26.8. The van der Waals surface area contributed by atoms with Gasteiger partial charge in [-0.15, -0.1) is 0 Å². The molecule has 1 aromatic rings. The highest BCUT2D eigenvalue weighted by Crippen LogP contribution is 2.15. The molecule has 0 saturated carbocycles. The molecule has 2 N–H and O–H groups in total. The Morgan fingerprint density at radius 1 is 1.19 bits per heavy atom. The monoisotopic (exact) mass is 314 g/mol. The number of hydrogen-bond donors (Lipinski definition) is 2. The molecule has 0 aliphatic heterocycles. The highest BCUT2D eigenvalue weighted by molar-refractivity contribution is 7.89. The van der Waals surface area contributed by atoms with Gasteiger partial charge in [-0.1, -0.05) is 26.0 Å². The first-order valence-corrected chi connectivity index (χ1v) is 8.89. The minimum absolute atomic E-state index is 0.231. The van der Waals surface area contributed by atoms with Gasteiger partial charge in [-0.05, 0) is 50.7 Å². The SMILES string of the molecule is CCN(CC)CCCNS(=O)(=O)c1ccc(C(C)O)cc1. The number of nitrogens with one attached hydrogen (secondary N) is 1. The lowest BCUT2D eigenvalue weighted by Crippen LogP contribution is -2.30. The molecule has 5 nitrogen and oxygen atoms in total. The van der Waals surface area contributed by atoms with E-state index in [4.69, 9.17) is 0 Å². The van der Waals surface area contributed by atoms with Crippen LogP contribution < -0.4 is 4.72 Å². The zero-order chi connectivity index (χ0) is 15.9. The summed E-state index contributed by atoms with van der Waals surface area (Å²) in [6.07, 6.45) is 0.191. The molecule has 0 aliphatic rings. The topological polar surface area (TPSA) is 69.6 Å². The Morgan fingerprint density at radius 3 is 2.24 bits per heavy atom. The third-order valence-corrected chi connectivity index (χ3v) is 4.99. The van der Waals surface area contributed by atoms with Gasteiger partial charge in [-0.2, -0.15) is 0 Å². The molecule has 0 aromatic heterocycles. The second-order valence-corrected chi connectivity index (χ2v) is 6.79. The zero-order valence-electron chi connectivity index (χ0n) is 13.0. The van der Waals surface area contributed by atoms with Crippen molar-refractivity contribution in [1.29, 1.82) is 0 Å². The summed E-state index contributed by atoms with van der Waals surface area (Å²) in [5.74, 6) is 0. The average molecular weight is 314 g/mol. The van der Waals surface area contributed by atoms with Crippen LogP contribution in [0.4, 0.5) is 0 Å². The van der Waals surface area contributed by atoms with Crippen molar-refractivity contribution in [3.8, 4) is 0 Å². The van der Waals surface area contributed by atoms with E-state index in [0.29, 0.717) is 12.1 Å². The van der Waals surface area contributed by atoms with Crippen LogP contribution >= 0.6 is 0 Å².